The van der Waals surface area contributed by atoms with Crippen LogP contribution in [0.25, 0.3) is 22.2 Å². The van der Waals surface area contributed by atoms with Crippen LogP contribution in [0.2, 0.25) is 0 Å². The number of H-pyrrole nitrogens is 1. The van der Waals surface area contributed by atoms with Crippen LogP contribution in [0.4, 0.5) is 5.82 Å². The number of nitrogens with one attached hydrogen (secondary N) is 1. The van der Waals surface area contributed by atoms with Gasteiger partial charge in [-0.05, 0) is 18.2 Å². The highest BCUT2D eigenvalue weighted by Crippen LogP contribution is 2.32. The molecule has 4 rings (SSSR count). The van der Waals surface area contributed by atoms with Crippen LogP contribution in [0.5, 0.6) is 0 Å². The van der Waals surface area contributed by atoms with Gasteiger partial charge in [0.1, 0.15) is 17.6 Å². The second kappa shape index (κ2) is 6.33. The molecule has 0 aliphatic carbocycles. The van der Waals surface area contributed by atoms with Gasteiger partial charge in [0.15, 0.2) is 0 Å². The van der Waals surface area contributed by atoms with Crippen molar-refractivity contribution in [3.05, 3.63) is 72.4 Å². The van der Waals surface area contributed by atoms with E-state index in [0.717, 1.165) is 33.3 Å². The first-order valence-electron chi connectivity index (χ1n) is 7.88. The van der Waals surface area contributed by atoms with Crippen molar-refractivity contribution >= 4 is 16.9 Å². The molecule has 1 unspecified atom stereocenters. The van der Waals surface area contributed by atoms with Crippen LogP contribution in [0.15, 0.2) is 61.3 Å². The predicted molar refractivity (Wildman–Crippen MR) is 96.8 cm³/mol. The molecule has 0 fully saturated rings. The molecule has 0 saturated carbocycles. The zero-order valence-corrected chi connectivity index (χ0v) is 13.7. The molecule has 0 saturated heterocycles. The third kappa shape index (κ3) is 2.83. The van der Waals surface area contributed by atoms with E-state index in [0.29, 0.717) is 5.82 Å². The molecular weight excluding hydrogens is 314 g/mol. The van der Waals surface area contributed by atoms with E-state index in [9.17, 15) is 0 Å². The molecule has 0 amide bonds. The Balaban J connectivity index is 1.82. The lowest BCUT2D eigenvalue weighted by atomic mass is 10.0. The van der Waals surface area contributed by atoms with Gasteiger partial charge in [0, 0.05) is 65.7 Å². The van der Waals surface area contributed by atoms with E-state index in [2.05, 4.69) is 26.0 Å². The van der Waals surface area contributed by atoms with E-state index in [1.165, 1.54) is 0 Å². The minimum atomic E-state index is -0.257. The Hall–Kier alpha value is -3.25. The number of rotatable bonds is 4. The summed E-state index contributed by atoms with van der Waals surface area (Å²) in [6, 6.07) is 9.72. The van der Waals surface area contributed by atoms with Gasteiger partial charge in [-0.3, -0.25) is 4.98 Å². The van der Waals surface area contributed by atoms with Crippen LogP contribution in [0, 0.1) is 0 Å². The van der Waals surface area contributed by atoms with Gasteiger partial charge in [-0.25, -0.2) is 9.97 Å². The summed E-state index contributed by atoms with van der Waals surface area (Å²) in [4.78, 5) is 16.1. The molecule has 0 spiro atoms. The highest BCUT2D eigenvalue weighted by Gasteiger charge is 2.19. The molecule has 0 aliphatic heterocycles. The Labute approximate surface area is 144 Å². The van der Waals surface area contributed by atoms with Crippen LogP contribution in [0.1, 0.15) is 17.2 Å². The quantitative estimate of drug-likeness (QED) is 0.598. The van der Waals surface area contributed by atoms with E-state index in [1.807, 2.05) is 36.8 Å². The van der Waals surface area contributed by atoms with Crippen molar-refractivity contribution in [2.45, 2.75) is 6.10 Å². The van der Waals surface area contributed by atoms with Crippen molar-refractivity contribution < 1.29 is 4.74 Å². The Morgan fingerprint density at radius 2 is 2.00 bits per heavy atom. The van der Waals surface area contributed by atoms with Crippen molar-refractivity contribution in [3.63, 3.8) is 0 Å². The number of nitrogens with two attached hydrogens (primary N) is 1. The molecule has 6 heteroatoms. The number of nitrogens with zero attached hydrogens (tertiary/aromatic N) is 3. The maximum atomic E-state index is 5.73. The number of aromatic amines is 1. The van der Waals surface area contributed by atoms with Crippen LogP contribution in [0.3, 0.4) is 0 Å². The summed E-state index contributed by atoms with van der Waals surface area (Å²) in [6.07, 6.45) is 8.83. The van der Waals surface area contributed by atoms with Crippen molar-refractivity contribution in [1.29, 1.82) is 0 Å². The molecule has 0 radical (unpaired) electrons. The molecule has 4 aromatic heterocycles. The lowest BCUT2D eigenvalue weighted by Gasteiger charge is -2.15. The van der Waals surface area contributed by atoms with Crippen LogP contribution in [-0.4, -0.2) is 27.0 Å². The molecule has 4 heterocycles. The highest BCUT2D eigenvalue weighted by atomic mass is 16.5. The van der Waals surface area contributed by atoms with Crippen molar-refractivity contribution in [2.24, 2.45) is 0 Å². The first kappa shape index (κ1) is 15.3. The molecule has 0 aliphatic rings. The third-order valence-corrected chi connectivity index (χ3v) is 4.19. The Bertz CT molecular complexity index is 995. The fourth-order valence-corrected chi connectivity index (χ4v) is 2.95. The van der Waals surface area contributed by atoms with Crippen molar-refractivity contribution in [2.75, 3.05) is 12.8 Å². The number of aromatic nitrogens is 4. The van der Waals surface area contributed by atoms with Crippen LogP contribution < -0.4 is 5.73 Å². The smallest absolute Gasteiger partial charge is 0.137 e. The van der Waals surface area contributed by atoms with Gasteiger partial charge >= 0.3 is 0 Å². The van der Waals surface area contributed by atoms with Crippen LogP contribution >= 0.6 is 0 Å². The summed E-state index contributed by atoms with van der Waals surface area (Å²) in [5.74, 6) is 0.484. The van der Waals surface area contributed by atoms with Gasteiger partial charge < -0.3 is 15.5 Å². The number of anilines is 1. The molecule has 0 aromatic carbocycles. The van der Waals surface area contributed by atoms with Gasteiger partial charge in [-0.2, -0.15) is 0 Å². The first-order valence-corrected chi connectivity index (χ1v) is 7.88. The fourth-order valence-electron chi connectivity index (χ4n) is 2.95. The molecule has 3 N–H and O–H groups in total. The largest absolute Gasteiger partial charge is 0.384 e. The van der Waals surface area contributed by atoms with Crippen LogP contribution in [-0.2, 0) is 4.74 Å². The van der Waals surface area contributed by atoms with Crippen molar-refractivity contribution in [1.82, 2.24) is 19.9 Å². The molecule has 4 aromatic rings. The molecule has 25 heavy (non-hydrogen) atoms. The Morgan fingerprint density at radius 3 is 2.72 bits per heavy atom. The van der Waals surface area contributed by atoms with Crippen molar-refractivity contribution in [3.8, 4) is 11.1 Å². The van der Waals surface area contributed by atoms with Gasteiger partial charge in [0.05, 0.1) is 0 Å². The molecule has 1 atom stereocenters. The molecular formula is C19H17N5O. The number of fused-ring (bicyclic) bond motifs is 1. The normalized spacial score (nSPS) is 12.4. The molecule has 0 bridgehead atoms. The maximum absolute atomic E-state index is 5.73. The highest BCUT2D eigenvalue weighted by molar-refractivity contribution is 5.85. The summed E-state index contributed by atoms with van der Waals surface area (Å²) >= 11 is 0. The summed E-state index contributed by atoms with van der Waals surface area (Å²) < 4.78 is 5.73. The second-order valence-electron chi connectivity index (χ2n) is 5.74. The van der Waals surface area contributed by atoms with Gasteiger partial charge in [-0.1, -0.05) is 12.1 Å². The monoisotopic (exact) mass is 331 g/mol. The number of pyridine rings is 3. The fraction of sp³-hybridized carbons (Fsp3) is 0.105. The van der Waals surface area contributed by atoms with Gasteiger partial charge in [0.25, 0.3) is 0 Å². The molecule has 124 valence electrons. The lowest BCUT2D eigenvalue weighted by Crippen LogP contribution is -2.04. The van der Waals surface area contributed by atoms with E-state index in [1.54, 1.807) is 25.6 Å². The third-order valence-electron chi connectivity index (χ3n) is 4.19. The zero-order valence-electron chi connectivity index (χ0n) is 13.7. The summed E-state index contributed by atoms with van der Waals surface area (Å²) in [5.41, 5.74) is 10.5. The number of nitrogen functional groups attached to an aromatic ring is 1. The predicted octanol–water partition coefficient (Wildman–Crippen LogP) is 3.34. The Morgan fingerprint density at radius 1 is 1.08 bits per heavy atom. The number of hydrogen-bond donors (Lipinski definition) is 2. The maximum Gasteiger partial charge on any atom is 0.137 e. The van der Waals surface area contributed by atoms with Gasteiger partial charge in [0.2, 0.25) is 0 Å². The van der Waals surface area contributed by atoms with Gasteiger partial charge in [-0.15, -0.1) is 0 Å². The van der Waals surface area contributed by atoms with E-state index < -0.39 is 0 Å². The SMILES string of the molecule is COC(c1ccc(N)nc1)c1c[nH]c2ncc(-c3cccnc3)cc12. The average molecular weight is 331 g/mol. The lowest BCUT2D eigenvalue weighted by molar-refractivity contribution is 0.137. The number of hydrogen-bond acceptors (Lipinski definition) is 5. The summed E-state index contributed by atoms with van der Waals surface area (Å²) in [5, 5.41) is 1.00. The zero-order chi connectivity index (χ0) is 17.2. The average Bonchev–Trinajstić information content (AvgIpc) is 3.08. The minimum absolute atomic E-state index is 0.257. The number of methoxy groups -OCH3 is 1. The molecule has 6 nitrogen and oxygen atoms in total. The Kier molecular flexibility index (Phi) is 3.87. The second-order valence-corrected chi connectivity index (χ2v) is 5.74. The first-order chi connectivity index (χ1) is 12.3. The summed E-state index contributed by atoms with van der Waals surface area (Å²) in [7, 11) is 1.68. The van der Waals surface area contributed by atoms with E-state index in [4.69, 9.17) is 10.5 Å². The summed E-state index contributed by atoms with van der Waals surface area (Å²) in [6.45, 7) is 0. The van der Waals surface area contributed by atoms with E-state index >= 15 is 0 Å². The standard InChI is InChI=1S/C19H17N5O/c1-25-18(13-4-5-17(20)22-9-13)16-11-24-19-15(16)7-14(10-23-19)12-3-2-6-21-8-12/h2-11,18H,1H3,(H2,20,22)(H,23,24). The van der Waals surface area contributed by atoms with E-state index in [-0.39, 0.29) is 6.10 Å². The minimum Gasteiger partial charge on any atom is -0.384 e. The topological polar surface area (TPSA) is 89.7 Å². The number of ether oxygens (including phenoxy) is 1.